The first-order valence-electron chi connectivity index (χ1n) is 11.8. The van der Waals surface area contributed by atoms with Crippen molar-refractivity contribution < 1.29 is 9.59 Å². The molecule has 3 aromatic rings. The lowest BCUT2D eigenvalue weighted by molar-refractivity contribution is -0.134. The molecule has 0 unspecified atom stereocenters. The molecule has 1 heterocycles. The molecule has 34 heavy (non-hydrogen) atoms. The highest BCUT2D eigenvalue weighted by molar-refractivity contribution is 5.92. The fourth-order valence-corrected chi connectivity index (χ4v) is 4.44. The molecule has 0 radical (unpaired) electrons. The van der Waals surface area contributed by atoms with E-state index in [9.17, 15) is 14.9 Å². The molecule has 0 spiro atoms. The number of aryl methyl sites for hydroxylation is 1. The predicted molar refractivity (Wildman–Crippen MR) is 133 cm³/mol. The van der Waals surface area contributed by atoms with E-state index < -0.39 is 0 Å². The van der Waals surface area contributed by atoms with Crippen LogP contribution in [0.4, 0.5) is 5.69 Å². The van der Waals surface area contributed by atoms with E-state index in [-0.39, 0.29) is 23.7 Å². The topological polar surface area (TPSA) is 73.2 Å². The summed E-state index contributed by atoms with van der Waals surface area (Å²) >= 11 is 0. The maximum Gasteiger partial charge on any atom is 0.227 e. The smallest absolute Gasteiger partial charge is 0.227 e. The number of benzene rings is 3. The van der Waals surface area contributed by atoms with Gasteiger partial charge in [-0.3, -0.25) is 9.59 Å². The average Bonchev–Trinajstić information content (AvgIpc) is 2.90. The number of amides is 2. The Morgan fingerprint density at radius 3 is 2.09 bits per heavy atom. The minimum absolute atomic E-state index is 0.0102. The van der Waals surface area contributed by atoms with Gasteiger partial charge in [0.15, 0.2) is 0 Å². The molecular formula is C29H29N3O2. The van der Waals surface area contributed by atoms with Gasteiger partial charge in [0.1, 0.15) is 0 Å². The van der Waals surface area contributed by atoms with Crippen molar-refractivity contribution in [2.75, 3.05) is 18.4 Å². The van der Waals surface area contributed by atoms with Gasteiger partial charge in [-0.1, -0.05) is 72.8 Å². The van der Waals surface area contributed by atoms with Gasteiger partial charge in [0.05, 0.1) is 12.0 Å². The van der Waals surface area contributed by atoms with Crippen molar-refractivity contribution in [1.82, 2.24) is 4.90 Å². The van der Waals surface area contributed by atoms with Crippen LogP contribution in [0.2, 0.25) is 0 Å². The number of likely N-dealkylation sites (tertiary alicyclic amines) is 1. The number of carbonyl (C=O) groups is 2. The Balaban J connectivity index is 1.26. The predicted octanol–water partition coefficient (Wildman–Crippen LogP) is 5.15. The second-order valence-corrected chi connectivity index (χ2v) is 8.72. The van der Waals surface area contributed by atoms with E-state index in [1.165, 1.54) is 5.56 Å². The third kappa shape index (κ3) is 5.90. The summed E-state index contributed by atoms with van der Waals surface area (Å²) in [5.74, 6) is -0.295. The summed E-state index contributed by atoms with van der Waals surface area (Å²) in [6.45, 7) is 1.23. The van der Waals surface area contributed by atoms with Crippen molar-refractivity contribution in [1.29, 1.82) is 5.26 Å². The van der Waals surface area contributed by atoms with Crippen LogP contribution in [0.3, 0.4) is 0 Å². The Morgan fingerprint density at radius 1 is 0.882 bits per heavy atom. The number of carbonyl (C=O) groups excluding carboxylic acids is 2. The number of nitrogens with one attached hydrogen (secondary N) is 1. The summed E-state index contributed by atoms with van der Waals surface area (Å²) in [4.78, 5) is 27.2. The molecule has 0 aromatic heterocycles. The van der Waals surface area contributed by atoms with Gasteiger partial charge >= 0.3 is 0 Å². The summed E-state index contributed by atoms with van der Waals surface area (Å²) in [6.07, 6.45) is 2.59. The second kappa shape index (κ2) is 11.3. The van der Waals surface area contributed by atoms with Gasteiger partial charge < -0.3 is 10.2 Å². The van der Waals surface area contributed by atoms with Crippen LogP contribution < -0.4 is 5.32 Å². The average molecular weight is 452 g/mol. The molecular weight excluding hydrogens is 422 g/mol. The molecule has 1 aliphatic heterocycles. The van der Waals surface area contributed by atoms with Crippen LogP contribution in [0, 0.1) is 17.2 Å². The van der Waals surface area contributed by atoms with Crippen molar-refractivity contribution in [3.8, 4) is 6.07 Å². The maximum absolute atomic E-state index is 12.8. The van der Waals surface area contributed by atoms with Crippen molar-refractivity contribution in [3.63, 3.8) is 0 Å². The van der Waals surface area contributed by atoms with Gasteiger partial charge in [-0.15, -0.1) is 0 Å². The van der Waals surface area contributed by atoms with Crippen LogP contribution >= 0.6 is 0 Å². The molecule has 5 nitrogen and oxygen atoms in total. The molecule has 0 aliphatic carbocycles. The van der Waals surface area contributed by atoms with E-state index in [1.54, 1.807) is 0 Å². The Morgan fingerprint density at radius 2 is 1.47 bits per heavy atom. The van der Waals surface area contributed by atoms with Gasteiger partial charge in [0.25, 0.3) is 0 Å². The second-order valence-electron chi connectivity index (χ2n) is 8.72. The zero-order valence-corrected chi connectivity index (χ0v) is 19.2. The van der Waals surface area contributed by atoms with Crippen LogP contribution in [0.15, 0.2) is 84.9 Å². The Labute approximate surface area is 201 Å². The lowest BCUT2D eigenvalue weighted by Crippen LogP contribution is -2.41. The van der Waals surface area contributed by atoms with Crippen LogP contribution in [0.5, 0.6) is 0 Å². The van der Waals surface area contributed by atoms with Gasteiger partial charge in [0, 0.05) is 31.1 Å². The molecule has 5 heteroatoms. The highest BCUT2D eigenvalue weighted by atomic mass is 16.2. The van der Waals surface area contributed by atoms with Crippen LogP contribution in [-0.4, -0.2) is 29.8 Å². The fraction of sp³-hybridized carbons (Fsp3) is 0.276. The quantitative estimate of drug-likeness (QED) is 0.540. The molecule has 1 fully saturated rings. The normalized spacial score (nSPS) is 14.7. The molecule has 1 atom stereocenters. The van der Waals surface area contributed by atoms with Crippen molar-refractivity contribution in [3.05, 3.63) is 102 Å². The number of piperidine rings is 1. The van der Waals surface area contributed by atoms with Crippen molar-refractivity contribution in [2.24, 2.45) is 5.92 Å². The van der Waals surface area contributed by atoms with Gasteiger partial charge in [0.2, 0.25) is 11.8 Å². The summed E-state index contributed by atoms with van der Waals surface area (Å²) in [7, 11) is 0. The summed E-state index contributed by atoms with van der Waals surface area (Å²) in [5, 5.41) is 12.6. The summed E-state index contributed by atoms with van der Waals surface area (Å²) < 4.78 is 0. The summed E-state index contributed by atoms with van der Waals surface area (Å²) in [6, 6.07) is 29.6. The number of anilines is 1. The maximum atomic E-state index is 12.8. The first kappa shape index (κ1) is 23.3. The molecule has 3 aromatic carbocycles. The van der Waals surface area contributed by atoms with E-state index in [1.807, 2.05) is 89.8 Å². The largest absolute Gasteiger partial charge is 0.343 e. The van der Waals surface area contributed by atoms with E-state index in [2.05, 4.69) is 11.4 Å². The summed E-state index contributed by atoms with van der Waals surface area (Å²) in [5.41, 5.74) is 3.74. The van der Waals surface area contributed by atoms with Gasteiger partial charge in [-0.05, 0) is 48.1 Å². The Kier molecular flexibility index (Phi) is 7.72. The minimum atomic E-state index is -0.338. The first-order valence-corrected chi connectivity index (χ1v) is 11.8. The monoisotopic (exact) mass is 451 g/mol. The number of nitriles is 1. The number of hydrogen-bond donors (Lipinski definition) is 1. The van der Waals surface area contributed by atoms with Crippen LogP contribution in [0.1, 0.15) is 41.9 Å². The van der Waals surface area contributed by atoms with Crippen molar-refractivity contribution in [2.45, 2.75) is 31.6 Å². The minimum Gasteiger partial charge on any atom is -0.343 e. The molecule has 172 valence electrons. The molecule has 1 N–H and O–H groups in total. The molecule has 0 saturated carbocycles. The van der Waals surface area contributed by atoms with E-state index >= 15 is 0 Å². The van der Waals surface area contributed by atoms with Gasteiger partial charge in [-0.2, -0.15) is 5.26 Å². The van der Waals surface area contributed by atoms with Gasteiger partial charge in [-0.25, -0.2) is 0 Å². The highest BCUT2D eigenvalue weighted by Crippen LogP contribution is 2.26. The lowest BCUT2D eigenvalue weighted by Gasteiger charge is -2.31. The molecule has 1 saturated heterocycles. The van der Waals surface area contributed by atoms with Crippen LogP contribution in [-0.2, 0) is 16.0 Å². The molecule has 4 rings (SSSR count). The fourth-order valence-electron chi connectivity index (χ4n) is 4.44. The standard InChI is InChI=1S/C29H29N3O2/c30-21-27(23-9-5-2-6-10-23)24-12-14-26(15-13-24)31-29(34)25-17-19-32(20-18-25)28(33)16-11-22-7-3-1-4-8-22/h1-10,12-15,25,27H,11,16-20H2,(H,31,34)/t27-/m1/s1. The Hall–Kier alpha value is -3.91. The van der Waals surface area contributed by atoms with E-state index in [0.717, 1.165) is 23.2 Å². The molecule has 1 aliphatic rings. The van der Waals surface area contributed by atoms with Crippen LogP contribution in [0.25, 0.3) is 0 Å². The third-order valence-corrected chi connectivity index (χ3v) is 6.46. The molecule has 0 bridgehead atoms. The Bertz CT molecular complexity index is 1130. The van der Waals surface area contributed by atoms with E-state index in [0.29, 0.717) is 32.4 Å². The zero-order chi connectivity index (χ0) is 23.8. The van der Waals surface area contributed by atoms with Crippen molar-refractivity contribution >= 4 is 17.5 Å². The zero-order valence-electron chi connectivity index (χ0n) is 19.2. The molecule has 2 amide bonds. The lowest BCUT2D eigenvalue weighted by atomic mass is 9.92. The third-order valence-electron chi connectivity index (χ3n) is 6.46. The number of nitrogens with zero attached hydrogens (tertiary/aromatic N) is 2. The highest BCUT2D eigenvalue weighted by Gasteiger charge is 2.27. The SMILES string of the molecule is N#C[C@H](c1ccccc1)c1ccc(NC(=O)C2CCN(C(=O)CCc3ccccc3)CC2)cc1. The number of rotatable bonds is 7. The first-order chi connectivity index (χ1) is 16.6. The van der Waals surface area contributed by atoms with E-state index in [4.69, 9.17) is 0 Å². The number of hydrogen-bond acceptors (Lipinski definition) is 3.